The number of hydrogen-bond acceptors (Lipinski definition) is 2. The zero-order valence-electron chi connectivity index (χ0n) is 12.5. The van der Waals surface area contributed by atoms with Gasteiger partial charge in [-0.15, -0.1) is 0 Å². The molecule has 2 fully saturated rings. The lowest BCUT2D eigenvalue weighted by molar-refractivity contribution is -0.152. The van der Waals surface area contributed by atoms with Crippen LogP contribution in [0.4, 0.5) is 0 Å². The minimum absolute atomic E-state index is 0.433. The van der Waals surface area contributed by atoms with Crippen molar-refractivity contribution in [3.05, 3.63) is 0 Å². The van der Waals surface area contributed by atoms with E-state index < -0.39 is 11.4 Å². The summed E-state index contributed by atoms with van der Waals surface area (Å²) >= 11 is 0. The summed E-state index contributed by atoms with van der Waals surface area (Å²) in [5.74, 6) is 1.19. The van der Waals surface area contributed by atoms with Gasteiger partial charge in [-0.2, -0.15) is 0 Å². The van der Waals surface area contributed by atoms with Gasteiger partial charge in [-0.25, -0.2) is 0 Å². The maximum Gasteiger partial charge on any atom is 0.309 e. The Bertz CT molecular complexity index is 300. The van der Waals surface area contributed by atoms with E-state index in [1.54, 1.807) is 0 Å². The van der Waals surface area contributed by atoms with Crippen molar-refractivity contribution < 1.29 is 9.90 Å². The second kappa shape index (κ2) is 6.25. The Morgan fingerprint density at radius 1 is 1.21 bits per heavy atom. The van der Waals surface area contributed by atoms with Gasteiger partial charge in [-0.1, -0.05) is 26.7 Å². The number of likely N-dealkylation sites (tertiary alicyclic amines) is 1. The Balaban J connectivity index is 1.78. The molecule has 1 aliphatic carbocycles. The van der Waals surface area contributed by atoms with Crippen molar-refractivity contribution >= 4 is 5.97 Å². The number of aliphatic carboxylic acids is 1. The Hall–Kier alpha value is -0.570. The summed E-state index contributed by atoms with van der Waals surface area (Å²) in [7, 11) is 0. The highest BCUT2D eigenvalue weighted by atomic mass is 16.4. The molecule has 1 heterocycles. The molecule has 110 valence electrons. The highest BCUT2D eigenvalue weighted by molar-refractivity contribution is 5.74. The van der Waals surface area contributed by atoms with Crippen LogP contribution < -0.4 is 0 Å². The molecule has 0 unspecified atom stereocenters. The van der Waals surface area contributed by atoms with Crippen molar-refractivity contribution in [2.45, 2.75) is 58.8 Å². The van der Waals surface area contributed by atoms with Crippen LogP contribution in [0.1, 0.15) is 58.8 Å². The Labute approximate surface area is 117 Å². The van der Waals surface area contributed by atoms with E-state index in [-0.39, 0.29) is 0 Å². The van der Waals surface area contributed by atoms with E-state index in [2.05, 4.69) is 11.8 Å². The van der Waals surface area contributed by atoms with Crippen LogP contribution in [0.5, 0.6) is 0 Å². The van der Waals surface area contributed by atoms with Gasteiger partial charge in [0.2, 0.25) is 0 Å². The number of rotatable bonds is 4. The van der Waals surface area contributed by atoms with Crippen molar-refractivity contribution in [2.75, 3.05) is 19.6 Å². The van der Waals surface area contributed by atoms with Crippen molar-refractivity contribution in [3.63, 3.8) is 0 Å². The quantitative estimate of drug-likeness (QED) is 0.849. The van der Waals surface area contributed by atoms with Crippen LogP contribution >= 0.6 is 0 Å². The number of carboxylic acids is 1. The second-order valence-corrected chi connectivity index (χ2v) is 6.87. The first-order chi connectivity index (χ1) is 9.05. The topological polar surface area (TPSA) is 40.5 Å². The summed E-state index contributed by atoms with van der Waals surface area (Å²) < 4.78 is 0. The minimum Gasteiger partial charge on any atom is -0.481 e. The van der Waals surface area contributed by atoms with E-state index in [9.17, 15) is 9.90 Å². The van der Waals surface area contributed by atoms with Crippen molar-refractivity contribution in [1.82, 2.24) is 4.90 Å². The zero-order chi connectivity index (χ0) is 13.9. The van der Waals surface area contributed by atoms with Gasteiger partial charge in [0, 0.05) is 6.54 Å². The SMILES string of the molecule is CCC1(C(=O)O)CCN(CC2CCC(C)CC2)CC1. The standard InChI is InChI=1S/C16H29NO2/c1-3-16(15(18)19)8-10-17(11-9-16)12-14-6-4-13(2)5-7-14/h13-14H,3-12H2,1-2H3,(H,18,19). The third kappa shape index (κ3) is 3.50. The first-order valence-electron chi connectivity index (χ1n) is 8.01. The van der Waals surface area contributed by atoms with Crippen molar-refractivity contribution in [3.8, 4) is 0 Å². The molecule has 1 saturated heterocycles. The largest absolute Gasteiger partial charge is 0.481 e. The van der Waals surface area contributed by atoms with Gasteiger partial charge < -0.3 is 10.0 Å². The predicted octanol–water partition coefficient (Wildman–Crippen LogP) is 3.39. The fourth-order valence-electron chi connectivity index (χ4n) is 3.76. The minimum atomic E-state index is -0.582. The summed E-state index contributed by atoms with van der Waals surface area (Å²) in [6, 6.07) is 0. The van der Waals surface area contributed by atoms with Gasteiger partial charge in [0.15, 0.2) is 0 Å². The summed E-state index contributed by atoms with van der Waals surface area (Å²) in [6.07, 6.45) is 7.95. The van der Waals surface area contributed by atoms with Gasteiger partial charge in [0.1, 0.15) is 0 Å². The van der Waals surface area contributed by atoms with Gasteiger partial charge >= 0.3 is 5.97 Å². The molecule has 0 bridgehead atoms. The van der Waals surface area contributed by atoms with Gasteiger partial charge in [-0.3, -0.25) is 4.79 Å². The smallest absolute Gasteiger partial charge is 0.309 e. The lowest BCUT2D eigenvalue weighted by Gasteiger charge is -2.40. The maximum atomic E-state index is 11.4. The van der Waals surface area contributed by atoms with Crippen LogP contribution in [0.15, 0.2) is 0 Å². The van der Waals surface area contributed by atoms with E-state index in [0.29, 0.717) is 0 Å². The molecule has 3 heteroatoms. The average molecular weight is 267 g/mol. The normalized spacial score (nSPS) is 32.1. The monoisotopic (exact) mass is 267 g/mol. The number of piperidine rings is 1. The molecule has 0 spiro atoms. The molecule has 0 atom stereocenters. The van der Waals surface area contributed by atoms with Gasteiger partial charge in [0.25, 0.3) is 0 Å². The first-order valence-corrected chi connectivity index (χ1v) is 8.01. The molecular weight excluding hydrogens is 238 g/mol. The summed E-state index contributed by atoms with van der Waals surface area (Å²) in [4.78, 5) is 13.9. The summed E-state index contributed by atoms with van der Waals surface area (Å²) in [6.45, 7) is 7.54. The highest BCUT2D eigenvalue weighted by Gasteiger charge is 2.40. The van der Waals surface area contributed by atoms with E-state index in [1.165, 1.54) is 32.2 Å². The fourth-order valence-corrected chi connectivity index (χ4v) is 3.76. The molecule has 0 aromatic rings. The molecule has 2 rings (SSSR count). The molecule has 1 aliphatic heterocycles. The predicted molar refractivity (Wildman–Crippen MR) is 77.2 cm³/mol. The van der Waals surface area contributed by atoms with E-state index in [4.69, 9.17) is 0 Å². The fraction of sp³-hybridized carbons (Fsp3) is 0.938. The molecular formula is C16H29NO2. The lowest BCUT2D eigenvalue weighted by Crippen LogP contribution is -2.45. The molecule has 1 N–H and O–H groups in total. The molecule has 0 radical (unpaired) electrons. The molecule has 0 aromatic carbocycles. The van der Waals surface area contributed by atoms with Crippen molar-refractivity contribution in [2.24, 2.45) is 17.3 Å². The van der Waals surface area contributed by atoms with Crippen LogP contribution in [-0.4, -0.2) is 35.6 Å². The maximum absolute atomic E-state index is 11.4. The van der Waals surface area contributed by atoms with E-state index >= 15 is 0 Å². The molecule has 3 nitrogen and oxygen atoms in total. The van der Waals surface area contributed by atoms with Crippen LogP contribution in [0.2, 0.25) is 0 Å². The Kier molecular flexibility index (Phi) is 4.88. The van der Waals surface area contributed by atoms with E-state index in [0.717, 1.165) is 44.2 Å². The molecule has 0 amide bonds. The molecule has 2 aliphatic rings. The van der Waals surface area contributed by atoms with Crippen molar-refractivity contribution in [1.29, 1.82) is 0 Å². The number of carboxylic acid groups (broad SMARTS) is 1. The average Bonchev–Trinajstić information content (AvgIpc) is 2.42. The van der Waals surface area contributed by atoms with Crippen LogP contribution in [0.3, 0.4) is 0 Å². The Morgan fingerprint density at radius 2 is 1.79 bits per heavy atom. The van der Waals surface area contributed by atoms with Gasteiger partial charge in [-0.05, 0) is 57.0 Å². The van der Waals surface area contributed by atoms with Gasteiger partial charge in [0.05, 0.1) is 5.41 Å². The number of carbonyl (C=O) groups is 1. The molecule has 1 saturated carbocycles. The zero-order valence-corrected chi connectivity index (χ0v) is 12.5. The number of nitrogens with zero attached hydrogens (tertiary/aromatic N) is 1. The summed E-state index contributed by atoms with van der Waals surface area (Å²) in [5.41, 5.74) is -0.433. The van der Waals surface area contributed by atoms with Crippen LogP contribution in [0.25, 0.3) is 0 Å². The third-order valence-electron chi connectivity index (χ3n) is 5.60. The first kappa shape index (κ1) is 14.8. The molecule has 0 aromatic heterocycles. The van der Waals surface area contributed by atoms with E-state index in [1.807, 2.05) is 6.92 Å². The van der Waals surface area contributed by atoms with Crippen LogP contribution in [-0.2, 0) is 4.79 Å². The Morgan fingerprint density at radius 3 is 2.26 bits per heavy atom. The number of hydrogen-bond donors (Lipinski definition) is 1. The lowest BCUT2D eigenvalue weighted by atomic mass is 9.75. The summed E-state index contributed by atoms with van der Waals surface area (Å²) in [5, 5.41) is 9.41. The highest BCUT2D eigenvalue weighted by Crippen LogP contribution is 2.36. The third-order valence-corrected chi connectivity index (χ3v) is 5.60. The molecule has 19 heavy (non-hydrogen) atoms. The second-order valence-electron chi connectivity index (χ2n) is 6.87. The van der Waals surface area contributed by atoms with Crippen LogP contribution in [0, 0.1) is 17.3 Å².